The van der Waals surface area contributed by atoms with Crippen molar-refractivity contribution in [2.45, 2.75) is 31.2 Å². The van der Waals surface area contributed by atoms with Gasteiger partial charge in [-0.05, 0) is 31.0 Å². The van der Waals surface area contributed by atoms with E-state index in [4.69, 9.17) is 4.74 Å². The van der Waals surface area contributed by atoms with Crippen molar-refractivity contribution < 1.29 is 14.5 Å². The molecule has 0 aliphatic carbocycles. The average molecular weight is 296 g/mol. The number of carbonyl (C=O) groups excluding carboxylic acids is 1. The molecule has 1 aromatic carbocycles. The molecule has 0 aromatic heterocycles. The molecule has 0 saturated carbocycles. The molecule has 2 unspecified atom stereocenters. The van der Waals surface area contributed by atoms with Gasteiger partial charge in [0.15, 0.2) is 0 Å². The Kier molecular flexibility index (Phi) is 4.49. The van der Waals surface area contributed by atoms with E-state index in [-0.39, 0.29) is 29.7 Å². The van der Waals surface area contributed by atoms with Gasteiger partial charge in [0.2, 0.25) is 0 Å². The highest BCUT2D eigenvalue weighted by atomic mass is 32.1. The molecule has 108 valence electrons. The zero-order valence-corrected chi connectivity index (χ0v) is 12.0. The van der Waals surface area contributed by atoms with E-state index in [1.54, 1.807) is 17.0 Å². The lowest BCUT2D eigenvalue weighted by molar-refractivity contribution is -0.384. The van der Waals surface area contributed by atoms with Gasteiger partial charge in [-0.25, -0.2) is 4.79 Å². The van der Waals surface area contributed by atoms with Crippen molar-refractivity contribution in [3.63, 3.8) is 0 Å². The molecule has 1 aliphatic rings. The SMILES string of the molecule is CC1CC(S)CN1C(=O)OCc1ccc([N+](=O)[O-])cc1. The number of rotatable bonds is 3. The first-order valence-electron chi connectivity index (χ1n) is 6.32. The van der Waals surface area contributed by atoms with Crippen LogP contribution in [0, 0.1) is 10.1 Å². The van der Waals surface area contributed by atoms with Gasteiger partial charge >= 0.3 is 6.09 Å². The normalized spacial score (nSPS) is 21.8. The number of non-ortho nitro benzene ring substituents is 1. The summed E-state index contributed by atoms with van der Waals surface area (Å²) < 4.78 is 5.21. The third-order valence-corrected chi connectivity index (χ3v) is 3.67. The second-order valence-corrected chi connectivity index (χ2v) is 5.60. The first kappa shape index (κ1) is 14.6. The molecule has 0 spiro atoms. The van der Waals surface area contributed by atoms with Gasteiger partial charge < -0.3 is 9.64 Å². The fourth-order valence-corrected chi connectivity index (χ4v) is 2.68. The molecule has 0 radical (unpaired) electrons. The third-order valence-electron chi connectivity index (χ3n) is 3.30. The second kappa shape index (κ2) is 6.13. The minimum Gasteiger partial charge on any atom is -0.445 e. The number of ether oxygens (including phenoxy) is 1. The van der Waals surface area contributed by atoms with Crippen molar-refractivity contribution >= 4 is 24.4 Å². The zero-order chi connectivity index (χ0) is 14.7. The maximum absolute atomic E-state index is 11.9. The fraction of sp³-hybridized carbons (Fsp3) is 0.462. The number of carbonyl (C=O) groups is 1. The summed E-state index contributed by atoms with van der Waals surface area (Å²) in [4.78, 5) is 23.6. The summed E-state index contributed by atoms with van der Waals surface area (Å²) in [5.41, 5.74) is 0.740. The Morgan fingerprint density at radius 3 is 2.65 bits per heavy atom. The van der Waals surface area contributed by atoms with E-state index in [1.165, 1.54) is 12.1 Å². The molecule has 0 bridgehead atoms. The van der Waals surface area contributed by atoms with Gasteiger partial charge in [-0.2, -0.15) is 12.6 Å². The predicted molar refractivity (Wildman–Crippen MR) is 76.8 cm³/mol. The molecule has 20 heavy (non-hydrogen) atoms. The molecule has 1 aromatic rings. The number of thiol groups is 1. The van der Waals surface area contributed by atoms with Gasteiger partial charge in [0.1, 0.15) is 6.61 Å². The summed E-state index contributed by atoms with van der Waals surface area (Å²) in [5.74, 6) is 0. The van der Waals surface area contributed by atoms with E-state index in [2.05, 4.69) is 12.6 Å². The fourth-order valence-electron chi connectivity index (χ4n) is 2.20. The quantitative estimate of drug-likeness (QED) is 0.528. The lowest BCUT2D eigenvalue weighted by Crippen LogP contribution is -2.34. The van der Waals surface area contributed by atoms with E-state index in [0.717, 1.165) is 12.0 Å². The second-order valence-electron chi connectivity index (χ2n) is 4.87. The van der Waals surface area contributed by atoms with Crippen molar-refractivity contribution in [1.82, 2.24) is 4.90 Å². The third kappa shape index (κ3) is 3.41. The molecule has 1 saturated heterocycles. The van der Waals surface area contributed by atoms with Crippen molar-refractivity contribution in [2.24, 2.45) is 0 Å². The average Bonchev–Trinajstić information content (AvgIpc) is 2.75. The van der Waals surface area contributed by atoms with Crippen LogP contribution in [0.1, 0.15) is 18.9 Å². The minimum atomic E-state index is -0.464. The highest BCUT2D eigenvalue weighted by Gasteiger charge is 2.31. The van der Waals surface area contributed by atoms with Gasteiger partial charge in [0, 0.05) is 30.0 Å². The van der Waals surface area contributed by atoms with E-state index >= 15 is 0 Å². The first-order valence-corrected chi connectivity index (χ1v) is 6.84. The van der Waals surface area contributed by atoms with Crippen LogP contribution in [0.5, 0.6) is 0 Å². The molecular formula is C13H16N2O4S. The molecule has 0 N–H and O–H groups in total. The summed E-state index contributed by atoms with van der Waals surface area (Å²) in [7, 11) is 0. The number of amides is 1. The Labute approximate surface area is 122 Å². The van der Waals surface area contributed by atoms with Crippen molar-refractivity contribution in [1.29, 1.82) is 0 Å². The Hall–Kier alpha value is -1.76. The number of likely N-dealkylation sites (tertiary alicyclic amines) is 1. The summed E-state index contributed by atoms with van der Waals surface area (Å²) in [6.45, 7) is 2.66. The van der Waals surface area contributed by atoms with Gasteiger partial charge in [-0.1, -0.05) is 0 Å². The topological polar surface area (TPSA) is 72.7 Å². The smallest absolute Gasteiger partial charge is 0.410 e. The number of nitro groups is 1. The predicted octanol–water partition coefficient (Wildman–Crippen LogP) is 2.62. The Morgan fingerprint density at radius 2 is 2.15 bits per heavy atom. The Bertz CT molecular complexity index is 506. The maximum Gasteiger partial charge on any atom is 0.410 e. The molecule has 1 aliphatic heterocycles. The molecule has 6 nitrogen and oxygen atoms in total. The molecular weight excluding hydrogens is 280 g/mol. The minimum absolute atomic E-state index is 0.0196. The summed E-state index contributed by atoms with van der Waals surface area (Å²) in [5, 5.41) is 10.7. The summed E-state index contributed by atoms with van der Waals surface area (Å²) in [6.07, 6.45) is 0.489. The van der Waals surface area contributed by atoms with Gasteiger partial charge in [-0.15, -0.1) is 0 Å². The summed E-state index contributed by atoms with van der Waals surface area (Å²) in [6, 6.07) is 6.08. The molecule has 2 atom stereocenters. The van der Waals surface area contributed by atoms with Crippen molar-refractivity contribution in [3.8, 4) is 0 Å². The van der Waals surface area contributed by atoms with Crippen molar-refractivity contribution in [3.05, 3.63) is 39.9 Å². The number of nitro benzene ring substituents is 1. The van der Waals surface area contributed by atoms with E-state index < -0.39 is 4.92 Å². The lowest BCUT2D eigenvalue weighted by Gasteiger charge is -2.20. The number of hydrogen-bond acceptors (Lipinski definition) is 5. The Morgan fingerprint density at radius 1 is 1.50 bits per heavy atom. The van der Waals surface area contributed by atoms with Crippen LogP contribution in [0.4, 0.5) is 10.5 Å². The highest BCUT2D eigenvalue weighted by Crippen LogP contribution is 2.22. The van der Waals surface area contributed by atoms with Crippen LogP contribution in [0.15, 0.2) is 24.3 Å². The Balaban J connectivity index is 1.88. The van der Waals surface area contributed by atoms with Crippen molar-refractivity contribution in [2.75, 3.05) is 6.54 Å². The molecule has 7 heteroatoms. The number of benzene rings is 1. The molecule has 2 rings (SSSR count). The number of hydrogen-bond donors (Lipinski definition) is 1. The van der Waals surface area contributed by atoms with E-state index in [0.29, 0.717) is 6.54 Å². The van der Waals surface area contributed by atoms with Crippen LogP contribution in [0.2, 0.25) is 0 Å². The van der Waals surface area contributed by atoms with Gasteiger partial charge in [0.25, 0.3) is 5.69 Å². The van der Waals surface area contributed by atoms with Crippen LogP contribution in [-0.2, 0) is 11.3 Å². The van der Waals surface area contributed by atoms with Gasteiger partial charge in [0.05, 0.1) is 4.92 Å². The molecule has 1 fully saturated rings. The monoisotopic (exact) mass is 296 g/mol. The van der Waals surface area contributed by atoms with E-state index in [9.17, 15) is 14.9 Å². The van der Waals surface area contributed by atoms with Crippen LogP contribution in [-0.4, -0.2) is 33.8 Å². The number of nitrogens with zero attached hydrogens (tertiary/aromatic N) is 2. The zero-order valence-electron chi connectivity index (χ0n) is 11.1. The van der Waals surface area contributed by atoms with Crippen LogP contribution < -0.4 is 0 Å². The molecule has 1 heterocycles. The molecule has 1 amide bonds. The summed E-state index contributed by atoms with van der Waals surface area (Å²) >= 11 is 4.36. The van der Waals surface area contributed by atoms with E-state index in [1.807, 2.05) is 6.92 Å². The first-order chi connectivity index (χ1) is 9.47. The van der Waals surface area contributed by atoms with Crippen LogP contribution in [0.3, 0.4) is 0 Å². The largest absolute Gasteiger partial charge is 0.445 e. The van der Waals surface area contributed by atoms with Crippen LogP contribution >= 0.6 is 12.6 Å². The van der Waals surface area contributed by atoms with Gasteiger partial charge in [-0.3, -0.25) is 10.1 Å². The van der Waals surface area contributed by atoms with Crippen LogP contribution in [0.25, 0.3) is 0 Å². The maximum atomic E-state index is 11.9. The highest BCUT2D eigenvalue weighted by molar-refractivity contribution is 7.81. The standard InChI is InChI=1S/C13H16N2O4S/c1-9-6-12(20)7-14(9)13(16)19-8-10-2-4-11(5-3-10)15(17)18/h2-5,9,12,20H,6-8H2,1H3. The lowest BCUT2D eigenvalue weighted by atomic mass is 10.2.